The number of nitrogens with one attached hydrogen (secondary N) is 1. The molecule has 2 unspecified atom stereocenters. The molecule has 0 bridgehead atoms. The Morgan fingerprint density at radius 1 is 1.61 bits per heavy atom. The Balaban J connectivity index is 2.23. The van der Waals surface area contributed by atoms with Gasteiger partial charge in [0.05, 0.1) is 4.92 Å². The summed E-state index contributed by atoms with van der Waals surface area (Å²) in [6.45, 7) is 0. The van der Waals surface area contributed by atoms with Crippen LogP contribution in [-0.2, 0) is 0 Å². The van der Waals surface area contributed by atoms with Crippen molar-refractivity contribution in [1.82, 2.24) is 4.98 Å². The maximum Gasteiger partial charge on any atom is 0.289 e. The molecular formula is C11H13N5O2. The molecule has 1 aliphatic rings. The fourth-order valence-corrected chi connectivity index (χ4v) is 2.10. The van der Waals surface area contributed by atoms with Crippen LogP contribution in [0.1, 0.15) is 24.8 Å². The molecule has 3 N–H and O–H groups in total. The van der Waals surface area contributed by atoms with Crippen LogP contribution in [0.15, 0.2) is 12.3 Å². The van der Waals surface area contributed by atoms with Crippen LogP contribution in [0.5, 0.6) is 0 Å². The first-order chi connectivity index (χ1) is 8.61. The first-order valence-electron chi connectivity index (χ1n) is 5.68. The molecule has 1 aliphatic carbocycles. The topological polar surface area (TPSA) is 118 Å². The Kier molecular flexibility index (Phi) is 3.39. The van der Waals surface area contributed by atoms with Crippen LogP contribution in [0.3, 0.4) is 0 Å². The van der Waals surface area contributed by atoms with Crippen molar-refractivity contribution >= 4 is 11.5 Å². The molecule has 0 spiro atoms. The summed E-state index contributed by atoms with van der Waals surface area (Å²) in [5.74, 6) is 0.366. The van der Waals surface area contributed by atoms with Gasteiger partial charge in [-0.3, -0.25) is 10.1 Å². The second-order valence-electron chi connectivity index (χ2n) is 4.30. The van der Waals surface area contributed by atoms with Gasteiger partial charge in [0, 0.05) is 18.2 Å². The third-order valence-corrected chi connectivity index (χ3v) is 3.10. The molecular weight excluding hydrogens is 234 g/mol. The van der Waals surface area contributed by atoms with Gasteiger partial charge in [0.1, 0.15) is 23.6 Å². The van der Waals surface area contributed by atoms with Gasteiger partial charge in [-0.25, -0.2) is 4.98 Å². The molecule has 7 nitrogen and oxygen atoms in total. The van der Waals surface area contributed by atoms with Crippen molar-refractivity contribution < 1.29 is 4.92 Å². The van der Waals surface area contributed by atoms with Crippen LogP contribution in [0.25, 0.3) is 0 Å². The summed E-state index contributed by atoms with van der Waals surface area (Å²) in [7, 11) is 0. The summed E-state index contributed by atoms with van der Waals surface area (Å²) in [5, 5.41) is 22.7. The van der Waals surface area contributed by atoms with Crippen molar-refractivity contribution in [3.05, 3.63) is 27.9 Å². The lowest BCUT2D eigenvalue weighted by Crippen LogP contribution is -2.35. The predicted molar refractivity (Wildman–Crippen MR) is 64.8 cm³/mol. The number of nitrogens with zero attached hydrogens (tertiary/aromatic N) is 3. The van der Waals surface area contributed by atoms with Crippen LogP contribution in [-0.4, -0.2) is 22.0 Å². The van der Waals surface area contributed by atoms with Crippen molar-refractivity contribution in [2.75, 3.05) is 5.32 Å². The van der Waals surface area contributed by atoms with Gasteiger partial charge < -0.3 is 11.1 Å². The highest BCUT2D eigenvalue weighted by Crippen LogP contribution is 2.24. The Labute approximate surface area is 104 Å². The first kappa shape index (κ1) is 12.3. The van der Waals surface area contributed by atoms with E-state index in [1.807, 2.05) is 6.07 Å². The highest BCUT2D eigenvalue weighted by atomic mass is 16.6. The van der Waals surface area contributed by atoms with Crippen molar-refractivity contribution in [3.8, 4) is 6.07 Å². The molecule has 94 valence electrons. The van der Waals surface area contributed by atoms with Gasteiger partial charge in [0.25, 0.3) is 5.69 Å². The summed E-state index contributed by atoms with van der Waals surface area (Å²) >= 11 is 0. The Hall–Kier alpha value is -2.20. The summed E-state index contributed by atoms with van der Waals surface area (Å²) in [5.41, 5.74) is 5.90. The number of nitro groups is 1. The number of rotatable bonds is 3. The van der Waals surface area contributed by atoms with E-state index in [1.54, 1.807) is 0 Å². The lowest BCUT2D eigenvalue weighted by molar-refractivity contribution is -0.385. The van der Waals surface area contributed by atoms with Gasteiger partial charge in [-0.15, -0.1) is 0 Å². The second kappa shape index (κ2) is 4.98. The molecule has 1 heterocycles. The molecule has 1 saturated carbocycles. The molecule has 1 fully saturated rings. The standard InChI is InChI=1S/C11H13N5O2/c12-5-7-4-8(16(17)18)6-14-11(7)15-10-3-1-2-9(10)13/h4,6,9-10H,1-3,13H2,(H,14,15). The molecule has 0 aromatic carbocycles. The van der Waals surface area contributed by atoms with Crippen LogP contribution >= 0.6 is 0 Å². The minimum atomic E-state index is -0.571. The van der Waals surface area contributed by atoms with Gasteiger partial charge in [-0.1, -0.05) is 0 Å². The van der Waals surface area contributed by atoms with E-state index in [9.17, 15) is 10.1 Å². The maximum absolute atomic E-state index is 10.6. The van der Waals surface area contributed by atoms with Crippen LogP contribution in [0, 0.1) is 21.4 Å². The maximum atomic E-state index is 10.6. The highest BCUT2D eigenvalue weighted by Gasteiger charge is 2.25. The molecule has 1 aromatic rings. The zero-order valence-electron chi connectivity index (χ0n) is 9.67. The highest BCUT2D eigenvalue weighted by molar-refractivity contribution is 5.56. The van der Waals surface area contributed by atoms with E-state index in [-0.39, 0.29) is 23.3 Å². The Bertz CT molecular complexity index is 511. The molecule has 7 heteroatoms. The van der Waals surface area contributed by atoms with Crippen LogP contribution < -0.4 is 11.1 Å². The number of nitriles is 1. The number of aromatic nitrogens is 1. The average Bonchev–Trinajstić information content (AvgIpc) is 2.75. The zero-order chi connectivity index (χ0) is 13.1. The van der Waals surface area contributed by atoms with Gasteiger partial charge in [-0.05, 0) is 19.3 Å². The van der Waals surface area contributed by atoms with E-state index in [0.717, 1.165) is 25.5 Å². The number of pyridine rings is 1. The summed E-state index contributed by atoms with van der Waals surface area (Å²) in [6, 6.07) is 3.24. The van der Waals surface area contributed by atoms with Crippen molar-refractivity contribution in [3.63, 3.8) is 0 Å². The molecule has 0 aliphatic heterocycles. The Morgan fingerprint density at radius 2 is 2.39 bits per heavy atom. The van der Waals surface area contributed by atoms with E-state index in [0.29, 0.717) is 5.82 Å². The monoisotopic (exact) mass is 247 g/mol. The molecule has 2 atom stereocenters. The molecule has 0 saturated heterocycles. The van der Waals surface area contributed by atoms with E-state index in [1.165, 1.54) is 6.07 Å². The normalized spacial score (nSPS) is 22.4. The van der Waals surface area contributed by atoms with E-state index >= 15 is 0 Å². The quantitative estimate of drug-likeness (QED) is 0.611. The predicted octanol–water partition coefficient (Wildman–Crippen LogP) is 1.15. The van der Waals surface area contributed by atoms with Gasteiger partial charge in [0.2, 0.25) is 0 Å². The minimum absolute atomic E-state index is 0.0357. The third kappa shape index (κ3) is 2.38. The zero-order valence-corrected chi connectivity index (χ0v) is 9.67. The fraction of sp³-hybridized carbons (Fsp3) is 0.455. The van der Waals surface area contributed by atoms with E-state index < -0.39 is 4.92 Å². The molecule has 18 heavy (non-hydrogen) atoms. The van der Waals surface area contributed by atoms with Crippen molar-refractivity contribution in [2.24, 2.45) is 5.73 Å². The minimum Gasteiger partial charge on any atom is -0.365 e. The summed E-state index contributed by atoms with van der Waals surface area (Å²) in [4.78, 5) is 14.0. The molecule has 0 radical (unpaired) electrons. The fourth-order valence-electron chi connectivity index (χ4n) is 2.10. The van der Waals surface area contributed by atoms with Gasteiger partial charge in [-0.2, -0.15) is 5.26 Å². The Morgan fingerprint density at radius 3 is 2.94 bits per heavy atom. The lowest BCUT2D eigenvalue weighted by atomic mass is 10.1. The molecule has 1 aromatic heterocycles. The van der Waals surface area contributed by atoms with Gasteiger partial charge >= 0.3 is 0 Å². The molecule has 0 amide bonds. The number of hydrogen-bond acceptors (Lipinski definition) is 6. The lowest BCUT2D eigenvalue weighted by Gasteiger charge is -2.18. The summed E-state index contributed by atoms with van der Waals surface area (Å²) < 4.78 is 0. The van der Waals surface area contributed by atoms with E-state index in [2.05, 4.69) is 10.3 Å². The second-order valence-corrected chi connectivity index (χ2v) is 4.30. The van der Waals surface area contributed by atoms with E-state index in [4.69, 9.17) is 11.0 Å². The van der Waals surface area contributed by atoms with Crippen molar-refractivity contribution in [1.29, 1.82) is 5.26 Å². The SMILES string of the molecule is N#Cc1cc([N+](=O)[O-])cnc1NC1CCCC1N. The number of anilines is 1. The largest absolute Gasteiger partial charge is 0.365 e. The average molecular weight is 247 g/mol. The number of hydrogen-bond donors (Lipinski definition) is 2. The smallest absolute Gasteiger partial charge is 0.289 e. The third-order valence-electron chi connectivity index (χ3n) is 3.10. The molecule has 2 rings (SSSR count). The van der Waals surface area contributed by atoms with Crippen LogP contribution in [0.2, 0.25) is 0 Å². The summed E-state index contributed by atoms with van der Waals surface area (Å²) in [6.07, 6.45) is 4.04. The first-order valence-corrected chi connectivity index (χ1v) is 5.68. The van der Waals surface area contributed by atoms with Crippen molar-refractivity contribution in [2.45, 2.75) is 31.3 Å². The van der Waals surface area contributed by atoms with Gasteiger partial charge in [0.15, 0.2) is 0 Å². The number of nitrogens with two attached hydrogens (primary N) is 1. The van der Waals surface area contributed by atoms with Crippen LogP contribution in [0.4, 0.5) is 11.5 Å².